The summed E-state index contributed by atoms with van der Waals surface area (Å²) in [6.45, 7) is 0. The van der Waals surface area contributed by atoms with Crippen LogP contribution in [0.1, 0.15) is 37.2 Å². The lowest BCUT2D eigenvalue weighted by atomic mass is 9.87. The summed E-state index contributed by atoms with van der Waals surface area (Å²) in [5.74, 6) is -1.27. The van der Waals surface area contributed by atoms with Gasteiger partial charge < -0.3 is 0 Å². The quantitative estimate of drug-likeness (QED) is 0.801. The first-order valence-corrected chi connectivity index (χ1v) is 5.91. The van der Waals surface area contributed by atoms with Crippen LogP contribution in [-0.4, -0.2) is 5.78 Å². The summed E-state index contributed by atoms with van der Waals surface area (Å²) in [6.07, 6.45) is 3.84. The minimum absolute atomic E-state index is 0.0112. The van der Waals surface area contributed by atoms with Crippen LogP contribution in [0.15, 0.2) is 24.3 Å². The number of nitriles is 1. The van der Waals surface area contributed by atoms with Crippen molar-refractivity contribution in [1.82, 2.24) is 0 Å². The van der Waals surface area contributed by atoms with Crippen molar-refractivity contribution in [2.75, 3.05) is 0 Å². The van der Waals surface area contributed by atoms with Gasteiger partial charge in [0, 0.05) is 5.92 Å². The number of hydrogen-bond donors (Lipinski definition) is 0. The van der Waals surface area contributed by atoms with E-state index in [4.69, 9.17) is 5.26 Å². The maximum Gasteiger partial charge on any atom is 0.157 e. The van der Waals surface area contributed by atoms with Crippen LogP contribution >= 0.6 is 0 Å². The highest BCUT2D eigenvalue weighted by molar-refractivity contribution is 5.90. The van der Waals surface area contributed by atoms with Gasteiger partial charge in [-0.15, -0.1) is 0 Å². The van der Waals surface area contributed by atoms with Crippen LogP contribution in [0.3, 0.4) is 0 Å². The third-order valence-electron chi connectivity index (χ3n) is 3.35. The van der Waals surface area contributed by atoms with Crippen LogP contribution < -0.4 is 0 Å². The number of halogens is 1. The maximum atomic E-state index is 13.1. The Kier molecular flexibility index (Phi) is 3.53. The average Bonchev–Trinajstić information content (AvgIpc) is 2.83. The van der Waals surface area contributed by atoms with E-state index in [9.17, 15) is 9.18 Å². The number of Topliss-reactive ketones (excluding diaryl/α,β-unsaturated/α-hetero) is 1. The molecular weight excluding hydrogens is 217 g/mol. The first-order chi connectivity index (χ1) is 8.22. The van der Waals surface area contributed by atoms with Gasteiger partial charge in [-0.2, -0.15) is 5.26 Å². The summed E-state index contributed by atoms with van der Waals surface area (Å²) < 4.78 is 13.1. The molecule has 2 rings (SSSR count). The lowest BCUT2D eigenvalue weighted by molar-refractivity contribution is -0.123. The van der Waals surface area contributed by atoms with Crippen molar-refractivity contribution in [1.29, 1.82) is 5.26 Å². The van der Waals surface area contributed by atoms with Crippen LogP contribution in [-0.2, 0) is 4.79 Å². The second kappa shape index (κ2) is 5.09. The minimum Gasteiger partial charge on any atom is -0.298 e. The van der Waals surface area contributed by atoms with Crippen molar-refractivity contribution < 1.29 is 9.18 Å². The fourth-order valence-corrected chi connectivity index (χ4v) is 2.43. The molecule has 1 fully saturated rings. The number of benzene rings is 1. The Morgan fingerprint density at radius 2 is 2.12 bits per heavy atom. The number of ketones is 1. The lowest BCUT2D eigenvalue weighted by Crippen LogP contribution is -2.19. The molecular formula is C14H14FNO. The van der Waals surface area contributed by atoms with Gasteiger partial charge in [-0.25, -0.2) is 4.39 Å². The molecule has 1 atom stereocenters. The molecule has 0 heterocycles. The molecule has 3 heteroatoms. The zero-order chi connectivity index (χ0) is 12.3. The third-order valence-corrected chi connectivity index (χ3v) is 3.35. The van der Waals surface area contributed by atoms with Crippen LogP contribution in [0.5, 0.6) is 0 Å². The fraction of sp³-hybridized carbons (Fsp3) is 0.429. The van der Waals surface area contributed by atoms with E-state index in [1.807, 2.05) is 6.07 Å². The topological polar surface area (TPSA) is 40.9 Å². The van der Waals surface area contributed by atoms with Crippen molar-refractivity contribution in [3.05, 3.63) is 35.6 Å². The van der Waals surface area contributed by atoms with Gasteiger partial charge in [0.1, 0.15) is 11.7 Å². The highest BCUT2D eigenvalue weighted by Crippen LogP contribution is 2.31. The molecule has 17 heavy (non-hydrogen) atoms. The lowest BCUT2D eigenvalue weighted by Gasteiger charge is -2.13. The summed E-state index contributed by atoms with van der Waals surface area (Å²) in [7, 11) is 0. The molecule has 0 radical (unpaired) electrons. The van der Waals surface area contributed by atoms with Gasteiger partial charge >= 0.3 is 0 Å². The summed E-state index contributed by atoms with van der Waals surface area (Å²) in [5.41, 5.74) is 0.476. The molecule has 1 aromatic rings. The van der Waals surface area contributed by atoms with Gasteiger partial charge in [0.05, 0.1) is 6.07 Å². The molecule has 1 unspecified atom stereocenters. The summed E-state index contributed by atoms with van der Waals surface area (Å²) >= 11 is 0. The van der Waals surface area contributed by atoms with Crippen LogP contribution in [0.2, 0.25) is 0 Å². The van der Waals surface area contributed by atoms with Gasteiger partial charge in [0.2, 0.25) is 0 Å². The van der Waals surface area contributed by atoms with Crippen molar-refractivity contribution in [3.8, 4) is 6.07 Å². The first kappa shape index (κ1) is 11.8. The van der Waals surface area contributed by atoms with Gasteiger partial charge in [0.25, 0.3) is 0 Å². The minimum atomic E-state index is -0.811. The van der Waals surface area contributed by atoms with Crippen LogP contribution in [0, 0.1) is 23.1 Å². The number of nitrogens with zero attached hydrogens (tertiary/aromatic N) is 1. The normalized spacial score (nSPS) is 17.6. The second-order valence-electron chi connectivity index (χ2n) is 4.50. The highest BCUT2D eigenvalue weighted by atomic mass is 19.1. The molecule has 1 aliphatic rings. The van der Waals surface area contributed by atoms with E-state index < -0.39 is 11.7 Å². The molecule has 1 saturated carbocycles. The number of rotatable bonds is 3. The molecule has 0 spiro atoms. The van der Waals surface area contributed by atoms with E-state index in [1.54, 1.807) is 6.07 Å². The molecule has 0 amide bonds. The Balaban J connectivity index is 2.21. The third kappa shape index (κ3) is 2.52. The van der Waals surface area contributed by atoms with E-state index in [-0.39, 0.29) is 11.7 Å². The zero-order valence-electron chi connectivity index (χ0n) is 9.53. The van der Waals surface area contributed by atoms with Crippen molar-refractivity contribution in [3.63, 3.8) is 0 Å². The average molecular weight is 231 g/mol. The van der Waals surface area contributed by atoms with Gasteiger partial charge in [0.15, 0.2) is 5.78 Å². The first-order valence-electron chi connectivity index (χ1n) is 5.91. The number of carbonyl (C=O) groups is 1. The molecule has 88 valence electrons. The molecule has 0 N–H and O–H groups in total. The highest BCUT2D eigenvalue weighted by Gasteiger charge is 2.30. The van der Waals surface area contributed by atoms with E-state index in [0.29, 0.717) is 5.56 Å². The van der Waals surface area contributed by atoms with Crippen molar-refractivity contribution >= 4 is 5.78 Å². The predicted molar refractivity (Wildman–Crippen MR) is 61.7 cm³/mol. The molecule has 0 aromatic heterocycles. The largest absolute Gasteiger partial charge is 0.298 e. The second-order valence-corrected chi connectivity index (χ2v) is 4.50. The van der Waals surface area contributed by atoms with Crippen LogP contribution in [0.4, 0.5) is 4.39 Å². The van der Waals surface area contributed by atoms with E-state index in [2.05, 4.69) is 0 Å². The molecule has 0 saturated heterocycles. The summed E-state index contributed by atoms with van der Waals surface area (Å²) in [6, 6.07) is 7.78. The Hall–Kier alpha value is -1.69. The van der Waals surface area contributed by atoms with E-state index >= 15 is 0 Å². The van der Waals surface area contributed by atoms with Crippen molar-refractivity contribution in [2.45, 2.75) is 31.6 Å². The monoisotopic (exact) mass is 231 g/mol. The smallest absolute Gasteiger partial charge is 0.157 e. The van der Waals surface area contributed by atoms with Crippen LogP contribution in [0.25, 0.3) is 0 Å². The molecule has 1 aromatic carbocycles. The molecule has 2 nitrogen and oxygen atoms in total. The molecule has 0 aliphatic heterocycles. The van der Waals surface area contributed by atoms with Gasteiger partial charge in [-0.1, -0.05) is 25.0 Å². The van der Waals surface area contributed by atoms with Crippen molar-refractivity contribution in [2.24, 2.45) is 5.92 Å². The molecule has 0 bridgehead atoms. The van der Waals surface area contributed by atoms with E-state index in [1.165, 1.54) is 18.2 Å². The Labute approximate surface area is 100 Å². The Morgan fingerprint density at radius 3 is 2.71 bits per heavy atom. The van der Waals surface area contributed by atoms with Gasteiger partial charge in [-0.05, 0) is 30.5 Å². The standard InChI is InChI=1S/C14H14FNO/c15-12-7-3-6-11(8-12)13(9-16)14(17)10-4-1-2-5-10/h3,6-8,10,13H,1-2,4-5H2. The predicted octanol–water partition coefficient (Wildman–Crippen LogP) is 3.19. The molecule has 1 aliphatic carbocycles. The Morgan fingerprint density at radius 1 is 1.41 bits per heavy atom. The summed E-state index contributed by atoms with van der Waals surface area (Å²) in [4.78, 5) is 12.1. The SMILES string of the molecule is N#CC(C(=O)C1CCCC1)c1cccc(F)c1. The van der Waals surface area contributed by atoms with E-state index in [0.717, 1.165) is 25.7 Å². The summed E-state index contributed by atoms with van der Waals surface area (Å²) in [5, 5.41) is 9.11. The maximum absolute atomic E-state index is 13.1. The van der Waals surface area contributed by atoms with Gasteiger partial charge in [-0.3, -0.25) is 4.79 Å². The fourth-order valence-electron chi connectivity index (χ4n) is 2.43. The zero-order valence-corrected chi connectivity index (χ0v) is 9.53. The number of carbonyl (C=O) groups excluding carboxylic acids is 1. The Bertz CT molecular complexity index is 458. The number of hydrogen-bond acceptors (Lipinski definition) is 2.